The van der Waals surface area contributed by atoms with Crippen molar-refractivity contribution in [1.82, 2.24) is 14.6 Å². The number of methoxy groups -OCH3 is 1. The molecule has 1 aliphatic carbocycles. The van der Waals surface area contributed by atoms with Crippen LogP contribution in [0.1, 0.15) is 46.9 Å². The van der Waals surface area contributed by atoms with Crippen LogP contribution in [0.15, 0.2) is 53.7 Å². The van der Waals surface area contributed by atoms with E-state index in [0.717, 1.165) is 25.9 Å². The summed E-state index contributed by atoms with van der Waals surface area (Å²) in [5.74, 6) is -0.643. The number of morpholine rings is 1. The van der Waals surface area contributed by atoms with Gasteiger partial charge in [0.15, 0.2) is 11.5 Å². The number of nitrogens with one attached hydrogen (secondary N) is 1. The Morgan fingerprint density at radius 1 is 1.06 bits per heavy atom. The smallest absolute Gasteiger partial charge is 0.387 e. The molecule has 11 nitrogen and oxygen atoms in total. The van der Waals surface area contributed by atoms with Crippen molar-refractivity contribution in [2.24, 2.45) is 5.92 Å². The van der Waals surface area contributed by atoms with Crippen LogP contribution >= 0.6 is 23.2 Å². The second kappa shape index (κ2) is 17.1. The predicted molar refractivity (Wildman–Crippen MR) is 177 cm³/mol. The maximum Gasteiger partial charge on any atom is 0.387 e. The number of sulfonamides is 1. The van der Waals surface area contributed by atoms with Crippen molar-refractivity contribution in [1.29, 1.82) is 0 Å². The third kappa shape index (κ3) is 10.4. The van der Waals surface area contributed by atoms with Crippen molar-refractivity contribution in [3.63, 3.8) is 0 Å². The zero-order valence-electron chi connectivity index (χ0n) is 26.7. The lowest BCUT2D eigenvalue weighted by Gasteiger charge is -2.26. The molecule has 0 bridgehead atoms. The van der Waals surface area contributed by atoms with Gasteiger partial charge in [-0.05, 0) is 73.2 Å². The Bertz CT molecular complexity index is 1690. The number of benzene rings is 2. The lowest BCUT2D eigenvalue weighted by molar-refractivity contribution is -0.0515. The first kappa shape index (κ1) is 37.0. The van der Waals surface area contributed by atoms with Crippen molar-refractivity contribution < 1.29 is 45.7 Å². The minimum absolute atomic E-state index is 0.0327. The van der Waals surface area contributed by atoms with E-state index in [2.05, 4.69) is 19.3 Å². The summed E-state index contributed by atoms with van der Waals surface area (Å²) in [5, 5.41) is 0.433. The van der Waals surface area contributed by atoms with E-state index in [1.165, 1.54) is 55.9 Å². The SMILES string of the molecule is COc1ccc(C(=O)O[C@@H](Cc2c(Cl)cncc2Cl)c2ccc(OC(F)F)c(OCC3CC3)c2)cc1S(=O)(=O)NCCCN1CCOCC1. The van der Waals surface area contributed by atoms with Crippen LogP contribution < -0.4 is 18.9 Å². The average Bonchev–Trinajstić information content (AvgIpc) is 3.92. The summed E-state index contributed by atoms with van der Waals surface area (Å²) in [7, 11) is -2.76. The number of halogens is 4. The highest BCUT2D eigenvalue weighted by Gasteiger charge is 2.28. The van der Waals surface area contributed by atoms with Crippen LogP contribution in [0.2, 0.25) is 10.0 Å². The van der Waals surface area contributed by atoms with Gasteiger partial charge < -0.3 is 23.7 Å². The molecule has 16 heteroatoms. The van der Waals surface area contributed by atoms with Gasteiger partial charge in [0.2, 0.25) is 10.0 Å². The average molecular weight is 745 g/mol. The van der Waals surface area contributed by atoms with E-state index >= 15 is 0 Å². The van der Waals surface area contributed by atoms with Gasteiger partial charge in [-0.1, -0.05) is 29.3 Å². The molecule has 1 aliphatic heterocycles. The number of nitrogens with zero attached hydrogens (tertiary/aromatic N) is 2. The van der Waals surface area contributed by atoms with E-state index in [1.807, 2.05) is 0 Å². The number of pyridine rings is 1. The fourth-order valence-corrected chi connectivity index (χ4v) is 6.98. The standard InChI is InChI=1S/C33H37Cl2F2N3O8S/c1-44-28-8-6-23(16-31(28)49(42,43)39-9-2-10-40-11-13-45-14-12-40)32(41)47-29(17-24-25(34)18-38-19-26(24)35)22-5-7-27(48-33(36)37)30(15-22)46-20-21-3-4-21/h5-8,15-16,18-19,21,29,33,39H,2-4,9-14,17,20H2,1H3/t29-/m0/s1. The molecule has 2 aliphatic rings. The van der Waals surface area contributed by atoms with E-state index in [1.54, 1.807) is 0 Å². The summed E-state index contributed by atoms with van der Waals surface area (Å²) in [6.45, 7) is 0.943. The minimum atomic E-state index is -4.09. The van der Waals surface area contributed by atoms with Crippen molar-refractivity contribution in [3.05, 3.63) is 75.5 Å². The molecule has 266 valence electrons. The fraction of sp³-hybridized carbons (Fsp3) is 0.455. The first-order valence-electron chi connectivity index (χ1n) is 15.7. The third-order valence-corrected chi connectivity index (χ3v) is 10.2. The van der Waals surface area contributed by atoms with Crippen LogP contribution in [0.25, 0.3) is 0 Å². The number of aromatic nitrogens is 1. The topological polar surface area (TPSA) is 126 Å². The second-order valence-corrected chi connectivity index (χ2v) is 14.1. The number of alkyl halides is 2. The lowest BCUT2D eigenvalue weighted by atomic mass is 10.0. The Morgan fingerprint density at radius 2 is 1.78 bits per heavy atom. The number of carbonyl (C=O) groups is 1. The highest BCUT2D eigenvalue weighted by molar-refractivity contribution is 7.89. The molecule has 5 rings (SSSR count). The molecule has 0 spiro atoms. The first-order valence-corrected chi connectivity index (χ1v) is 18.0. The monoisotopic (exact) mass is 743 g/mol. The largest absolute Gasteiger partial charge is 0.495 e. The van der Waals surface area contributed by atoms with Gasteiger partial charge in [0.05, 0.1) is 42.5 Å². The molecule has 1 N–H and O–H groups in total. The molecular weight excluding hydrogens is 707 g/mol. The van der Waals surface area contributed by atoms with E-state index in [9.17, 15) is 22.0 Å². The van der Waals surface area contributed by atoms with Gasteiger partial charge in [0.1, 0.15) is 16.7 Å². The molecule has 1 saturated carbocycles. The lowest BCUT2D eigenvalue weighted by Crippen LogP contribution is -2.38. The first-order chi connectivity index (χ1) is 23.5. The van der Waals surface area contributed by atoms with Crippen LogP contribution in [0.5, 0.6) is 17.2 Å². The van der Waals surface area contributed by atoms with Gasteiger partial charge in [0.25, 0.3) is 0 Å². The summed E-state index contributed by atoms with van der Waals surface area (Å²) in [6, 6.07) is 8.16. The normalized spacial score (nSPS) is 16.0. The maximum absolute atomic E-state index is 13.7. The van der Waals surface area contributed by atoms with Crippen molar-refractivity contribution in [2.45, 2.75) is 43.3 Å². The van der Waals surface area contributed by atoms with E-state index in [-0.39, 0.29) is 50.7 Å². The maximum atomic E-state index is 13.7. The second-order valence-electron chi connectivity index (χ2n) is 11.6. The predicted octanol–water partition coefficient (Wildman–Crippen LogP) is 5.93. The number of esters is 1. The van der Waals surface area contributed by atoms with Crippen LogP contribution in [0, 0.1) is 5.92 Å². The Balaban J connectivity index is 1.39. The highest BCUT2D eigenvalue weighted by Crippen LogP contribution is 2.38. The zero-order chi connectivity index (χ0) is 35.0. The molecule has 0 radical (unpaired) electrons. The van der Waals surface area contributed by atoms with Gasteiger partial charge in [-0.15, -0.1) is 0 Å². The Labute approximate surface area is 293 Å². The highest BCUT2D eigenvalue weighted by atomic mass is 35.5. The van der Waals surface area contributed by atoms with Crippen molar-refractivity contribution in [3.8, 4) is 17.2 Å². The third-order valence-electron chi connectivity index (χ3n) is 8.05. The van der Waals surface area contributed by atoms with Gasteiger partial charge in [-0.3, -0.25) is 9.88 Å². The van der Waals surface area contributed by atoms with Crippen LogP contribution in [0.3, 0.4) is 0 Å². The summed E-state index contributed by atoms with van der Waals surface area (Å²) < 4.78 is 82.8. The Morgan fingerprint density at radius 3 is 2.45 bits per heavy atom. The summed E-state index contributed by atoms with van der Waals surface area (Å²) in [6.07, 6.45) is 4.17. The molecular formula is C33H37Cl2F2N3O8S. The van der Waals surface area contributed by atoms with Crippen LogP contribution in [0.4, 0.5) is 8.78 Å². The van der Waals surface area contributed by atoms with Crippen molar-refractivity contribution >= 4 is 39.2 Å². The van der Waals surface area contributed by atoms with Gasteiger partial charge >= 0.3 is 12.6 Å². The van der Waals surface area contributed by atoms with Gasteiger partial charge in [0, 0.05) is 38.4 Å². The molecule has 1 aromatic heterocycles. The van der Waals surface area contributed by atoms with Crippen LogP contribution in [-0.4, -0.2) is 84.0 Å². The number of rotatable bonds is 17. The Hall–Kier alpha value is -3.27. The van der Waals surface area contributed by atoms with Gasteiger partial charge in [-0.2, -0.15) is 8.78 Å². The summed E-state index contributed by atoms with van der Waals surface area (Å²) >= 11 is 12.8. The summed E-state index contributed by atoms with van der Waals surface area (Å²) in [4.78, 5) is 19.6. The van der Waals surface area contributed by atoms with E-state index < -0.39 is 28.7 Å². The van der Waals surface area contributed by atoms with Crippen LogP contribution in [-0.2, 0) is 25.9 Å². The van der Waals surface area contributed by atoms with Gasteiger partial charge in [-0.25, -0.2) is 17.9 Å². The molecule has 1 atom stereocenters. The summed E-state index contributed by atoms with van der Waals surface area (Å²) in [5.41, 5.74) is 0.714. The number of ether oxygens (including phenoxy) is 5. The number of hydrogen-bond donors (Lipinski definition) is 1. The molecule has 2 heterocycles. The quantitative estimate of drug-likeness (QED) is 0.131. The molecule has 0 unspecified atom stereocenters. The Kier molecular flexibility index (Phi) is 12.9. The molecule has 2 aromatic carbocycles. The van der Waals surface area contributed by atoms with Crippen molar-refractivity contribution in [2.75, 3.05) is 53.1 Å². The molecule has 0 amide bonds. The minimum Gasteiger partial charge on any atom is -0.495 e. The molecule has 1 saturated heterocycles. The zero-order valence-corrected chi connectivity index (χ0v) is 29.0. The fourth-order valence-electron chi connectivity index (χ4n) is 5.19. The number of hydrogen-bond acceptors (Lipinski definition) is 10. The van der Waals surface area contributed by atoms with E-state index in [0.29, 0.717) is 49.8 Å². The molecule has 3 aromatic rings. The number of carbonyl (C=O) groups excluding carboxylic acids is 1. The molecule has 2 fully saturated rings. The van der Waals surface area contributed by atoms with E-state index in [4.69, 9.17) is 42.1 Å². The molecule has 49 heavy (non-hydrogen) atoms.